The number of carbonyl (C=O) groups is 1. The van der Waals surface area contributed by atoms with Crippen LogP contribution < -0.4 is 16.4 Å². The van der Waals surface area contributed by atoms with Crippen LogP contribution in [0.15, 0.2) is 23.2 Å². The van der Waals surface area contributed by atoms with E-state index in [4.69, 9.17) is 17.3 Å². The molecular weight excluding hydrogens is 288 g/mol. The number of carbonyl (C=O) groups excluding carboxylic acids is 1. The van der Waals surface area contributed by atoms with Gasteiger partial charge in [-0.25, -0.2) is 0 Å². The smallest absolute Gasteiger partial charge is 0.226 e. The molecule has 0 saturated carbocycles. The lowest BCUT2D eigenvalue weighted by Gasteiger charge is -2.09. The van der Waals surface area contributed by atoms with Gasteiger partial charge in [0.1, 0.15) is 0 Å². The monoisotopic (exact) mass is 310 g/mol. The third kappa shape index (κ3) is 6.99. The summed E-state index contributed by atoms with van der Waals surface area (Å²) in [5.74, 6) is 0.701. The van der Waals surface area contributed by atoms with Crippen LogP contribution in [-0.2, 0) is 4.79 Å². The SMILES string of the molecule is Cc1ccc(NC(=O)CCNC(N)=NCC(C)C)c(Cl)c1. The first-order valence-electron chi connectivity index (χ1n) is 6.98. The lowest BCUT2D eigenvalue weighted by molar-refractivity contribution is -0.116. The Morgan fingerprint density at radius 3 is 2.76 bits per heavy atom. The third-order valence-electron chi connectivity index (χ3n) is 2.68. The molecule has 5 nitrogen and oxygen atoms in total. The molecule has 0 aromatic heterocycles. The van der Waals surface area contributed by atoms with Gasteiger partial charge in [0.25, 0.3) is 0 Å². The van der Waals surface area contributed by atoms with Gasteiger partial charge in [-0.2, -0.15) is 0 Å². The van der Waals surface area contributed by atoms with Crippen molar-refractivity contribution in [2.45, 2.75) is 27.2 Å². The number of nitrogens with zero attached hydrogens (tertiary/aromatic N) is 1. The summed E-state index contributed by atoms with van der Waals surface area (Å²) in [6, 6.07) is 5.50. The Kier molecular flexibility index (Phi) is 7.02. The van der Waals surface area contributed by atoms with Crippen molar-refractivity contribution in [2.75, 3.05) is 18.4 Å². The molecular formula is C15H23ClN4O. The maximum atomic E-state index is 11.8. The summed E-state index contributed by atoms with van der Waals surface area (Å²) in [5.41, 5.74) is 7.36. The van der Waals surface area contributed by atoms with Crippen LogP contribution in [0.3, 0.4) is 0 Å². The van der Waals surface area contributed by atoms with E-state index >= 15 is 0 Å². The zero-order valence-corrected chi connectivity index (χ0v) is 13.5. The number of aryl methyl sites for hydroxylation is 1. The largest absolute Gasteiger partial charge is 0.370 e. The summed E-state index contributed by atoms with van der Waals surface area (Å²) in [5, 5.41) is 6.22. The lowest BCUT2D eigenvalue weighted by atomic mass is 10.2. The number of aliphatic imine (C=N–C) groups is 1. The normalized spacial score (nSPS) is 11.6. The Hall–Kier alpha value is -1.75. The quantitative estimate of drug-likeness (QED) is 0.558. The minimum atomic E-state index is -0.120. The number of amides is 1. The number of anilines is 1. The number of hydrogen-bond acceptors (Lipinski definition) is 2. The Bertz CT molecular complexity index is 514. The van der Waals surface area contributed by atoms with E-state index in [-0.39, 0.29) is 5.91 Å². The second-order valence-corrected chi connectivity index (χ2v) is 5.74. The average Bonchev–Trinajstić information content (AvgIpc) is 2.39. The number of benzene rings is 1. The summed E-state index contributed by atoms with van der Waals surface area (Å²) in [6.07, 6.45) is 0.294. The lowest BCUT2D eigenvalue weighted by Crippen LogP contribution is -2.34. The first-order valence-corrected chi connectivity index (χ1v) is 7.36. The summed E-state index contributed by atoms with van der Waals surface area (Å²) >= 11 is 6.06. The van der Waals surface area contributed by atoms with Gasteiger partial charge in [0.05, 0.1) is 10.7 Å². The van der Waals surface area contributed by atoms with Crippen LogP contribution >= 0.6 is 11.6 Å². The van der Waals surface area contributed by atoms with Gasteiger partial charge in [0, 0.05) is 19.5 Å². The van der Waals surface area contributed by atoms with Crippen molar-refractivity contribution in [3.8, 4) is 0 Å². The van der Waals surface area contributed by atoms with Crippen molar-refractivity contribution >= 4 is 29.2 Å². The summed E-state index contributed by atoms with van der Waals surface area (Å²) < 4.78 is 0. The fraction of sp³-hybridized carbons (Fsp3) is 0.467. The molecule has 0 aliphatic rings. The molecule has 1 rings (SSSR count). The molecule has 0 unspecified atom stereocenters. The molecule has 6 heteroatoms. The van der Waals surface area contributed by atoms with Crippen LogP contribution in [0.25, 0.3) is 0 Å². The minimum Gasteiger partial charge on any atom is -0.370 e. The fourth-order valence-corrected chi connectivity index (χ4v) is 1.86. The third-order valence-corrected chi connectivity index (χ3v) is 3.00. The maximum absolute atomic E-state index is 11.8. The Balaban J connectivity index is 2.36. The number of halogens is 1. The molecule has 0 heterocycles. The fourth-order valence-electron chi connectivity index (χ4n) is 1.58. The van der Waals surface area contributed by atoms with Crippen LogP contribution in [0, 0.1) is 12.8 Å². The summed E-state index contributed by atoms with van der Waals surface area (Å²) in [6.45, 7) is 7.18. The first-order chi connectivity index (χ1) is 9.88. The highest BCUT2D eigenvalue weighted by Crippen LogP contribution is 2.22. The molecule has 116 valence electrons. The van der Waals surface area contributed by atoms with Gasteiger partial charge in [0.15, 0.2) is 5.96 Å². The molecule has 0 bridgehead atoms. The molecule has 0 saturated heterocycles. The second kappa shape index (κ2) is 8.52. The molecule has 1 aromatic carbocycles. The molecule has 0 radical (unpaired) electrons. The first kappa shape index (κ1) is 17.3. The van der Waals surface area contributed by atoms with Crippen molar-refractivity contribution in [3.05, 3.63) is 28.8 Å². The molecule has 1 aromatic rings. The van der Waals surface area contributed by atoms with Crippen LogP contribution in [0.2, 0.25) is 5.02 Å². The zero-order chi connectivity index (χ0) is 15.8. The van der Waals surface area contributed by atoms with Gasteiger partial charge in [-0.3, -0.25) is 9.79 Å². The standard InChI is InChI=1S/C15H23ClN4O/c1-10(2)9-19-15(17)18-7-6-14(21)20-13-5-4-11(3)8-12(13)16/h4-5,8,10H,6-7,9H2,1-3H3,(H,20,21)(H3,17,18,19). The number of guanidine groups is 1. The van der Waals surface area contributed by atoms with Crippen molar-refractivity contribution in [1.29, 1.82) is 0 Å². The highest BCUT2D eigenvalue weighted by Gasteiger charge is 2.06. The molecule has 1 amide bonds. The number of rotatable bonds is 6. The van der Waals surface area contributed by atoms with E-state index in [0.717, 1.165) is 5.56 Å². The summed E-state index contributed by atoms with van der Waals surface area (Å²) in [7, 11) is 0. The second-order valence-electron chi connectivity index (χ2n) is 5.33. The Morgan fingerprint density at radius 1 is 1.43 bits per heavy atom. The molecule has 0 fully saturated rings. The summed E-state index contributed by atoms with van der Waals surface area (Å²) in [4.78, 5) is 16.0. The predicted molar refractivity (Wildman–Crippen MR) is 88.8 cm³/mol. The van der Waals surface area contributed by atoms with E-state index in [1.165, 1.54) is 0 Å². The zero-order valence-electron chi connectivity index (χ0n) is 12.7. The van der Waals surface area contributed by atoms with Crippen molar-refractivity contribution < 1.29 is 4.79 Å². The topological polar surface area (TPSA) is 79.5 Å². The van der Waals surface area contributed by atoms with Gasteiger partial charge >= 0.3 is 0 Å². The highest BCUT2D eigenvalue weighted by molar-refractivity contribution is 6.33. The van der Waals surface area contributed by atoms with E-state index in [1.807, 2.05) is 19.1 Å². The van der Waals surface area contributed by atoms with Crippen LogP contribution in [0.1, 0.15) is 25.8 Å². The van der Waals surface area contributed by atoms with E-state index in [9.17, 15) is 4.79 Å². The van der Waals surface area contributed by atoms with E-state index < -0.39 is 0 Å². The Labute approximate surface area is 131 Å². The van der Waals surface area contributed by atoms with Crippen LogP contribution in [0.4, 0.5) is 5.69 Å². The van der Waals surface area contributed by atoms with Crippen molar-refractivity contribution in [2.24, 2.45) is 16.6 Å². The Morgan fingerprint density at radius 2 is 2.14 bits per heavy atom. The van der Waals surface area contributed by atoms with Crippen molar-refractivity contribution in [3.63, 3.8) is 0 Å². The molecule has 0 aliphatic carbocycles. The number of nitrogens with two attached hydrogens (primary N) is 1. The highest BCUT2D eigenvalue weighted by atomic mass is 35.5. The minimum absolute atomic E-state index is 0.120. The van der Waals surface area contributed by atoms with Gasteiger partial charge in [-0.1, -0.05) is 31.5 Å². The molecule has 0 aliphatic heterocycles. The number of nitrogens with one attached hydrogen (secondary N) is 2. The molecule has 0 atom stereocenters. The van der Waals surface area contributed by atoms with Crippen molar-refractivity contribution in [1.82, 2.24) is 5.32 Å². The van der Waals surface area contributed by atoms with E-state index in [2.05, 4.69) is 29.5 Å². The molecule has 4 N–H and O–H groups in total. The van der Waals surface area contributed by atoms with Gasteiger partial charge in [0.2, 0.25) is 5.91 Å². The van der Waals surface area contributed by atoms with Gasteiger partial charge in [-0.15, -0.1) is 0 Å². The van der Waals surface area contributed by atoms with Gasteiger partial charge < -0.3 is 16.4 Å². The van der Waals surface area contributed by atoms with Crippen LogP contribution in [-0.4, -0.2) is 25.0 Å². The number of hydrogen-bond donors (Lipinski definition) is 3. The predicted octanol–water partition coefficient (Wildman–Crippen LogP) is 2.54. The van der Waals surface area contributed by atoms with E-state index in [1.54, 1.807) is 6.07 Å². The maximum Gasteiger partial charge on any atom is 0.226 e. The molecule has 0 spiro atoms. The van der Waals surface area contributed by atoms with E-state index in [0.29, 0.717) is 42.1 Å². The average molecular weight is 311 g/mol. The molecule has 21 heavy (non-hydrogen) atoms. The van der Waals surface area contributed by atoms with Gasteiger partial charge in [-0.05, 0) is 30.5 Å². The van der Waals surface area contributed by atoms with Crippen LogP contribution in [0.5, 0.6) is 0 Å².